The van der Waals surface area contributed by atoms with Crippen molar-refractivity contribution in [1.82, 2.24) is 0 Å². The van der Waals surface area contributed by atoms with Crippen LogP contribution in [0.4, 0.5) is 0 Å². The zero-order valence-corrected chi connectivity index (χ0v) is 8.77. The molecule has 0 aromatic carbocycles. The molecule has 0 radical (unpaired) electrons. The molecule has 0 unspecified atom stereocenters. The van der Waals surface area contributed by atoms with Gasteiger partial charge in [0.1, 0.15) is 5.78 Å². The van der Waals surface area contributed by atoms with Gasteiger partial charge in [0.2, 0.25) is 0 Å². The van der Waals surface area contributed by atoms with Gasteiger partial charge in [-0.15, -0.1) is 0 Å². The Labute approximate surface area is 80.7 Å². The van der Waals surface area contributed by atoms with Gasteiger partial charge in [-0.25, -0.2) is 0 Å². The summed E-state index contributed by atoms with van der Waals surface area (Å²) in [5, 5.41) is 0. The van der Waals surface area contributed by atoms with Gasteiger partial charge in [0, 0.05) is 13.5 Å². The van der Waals surface area contributed by atoms with Gasteiger partial charge in [-0.1, -0.05) is 26.2 Å². The van der Waals surface area contributed by atoms with Crippen LogP contribution in [0.25, 0.3) is 0 Å². The Hall–Kier alpha value is -0.370. The summed E-state index contributed by atoms with van der Waals surface area (Å²) in [6, 6.07) is 0. The fourth-order valence-corrected chi connectivity index (χ4v) is 2.38. The van der Waals surface area contributed by atoms with Crippen LogP contribution >= 0.6 is 0 Å². The van der Waals surface area contributed by atoms with Crippen molar-refractivity contribution in [3.8, 4) is 0 Å². The maximum absolute atomic E-state index is 11.8. The Morgan fingerprint density at radius 3 is 2.38 bits per heavy atom. The number of rotatable bonds is 4. The molecule has 2 nitrogen and oxygen atoms in total. The normalized spacial score (nSPS) is 21.4. The van der Waals surface area contributed by atoms with E-state index >= 15 is 0 Å². The van der Waals surface area contributed by atoms with Crippen LogP contribution in [0.1, 0.15) is 45.4 Å². The Kier molecular flexibility index (Phi) is 3.91. The highest BCUT2D eigenvalue weighted by Gasteiger charge is 2.37. The van der Waals surface area contributed by atoms with E-state index in [2.05, 4.69) is 0 Å². The molecule has 0 atom stereocenters. The molecule has 0 aromatic heterocycles. The molecule has 0 bridgehead atoms. The Morgan fingerprint density at radius 2 is 1.92 bits per heavy atom. The largest absolute Gasteiger partial charge is 0.384 e. The van der Waals surface area contributed by atoms with Gasteiger partial charge in [-0.05, 0) is 12.8 Å². The molecular formula is C11H20O2. The van der Waals surface area contributed by atoms with Crippen molar-refractivity contribution < 1.29 is 9.53 Å². The van der Waals surface area contributed by atoms with Crippen LogP contribution in [-0.2, 0) is 9.53 Å². The average molecular weight is 184 g/mol. The molecule has 0 N–H and O–H groups in total. The molecule has 1 fully saturated rings. The van der Waals surface area contributed by atoms with Gasteiger partial charge in [-0.3, -0.25) is 4.79 Å². The summed E-state index contributed by atoms with van der Waals surface area (Å²) in [6.07, 6.45) is 6.39. The van der Waals surface area contributed by atoms with Crippen molar-refractivity contribution >= 4 is 5.78 Å². The molecule has 1 aliphatic carbocycles. The molecule has 0 aliphatic heterocycles. The Bertz CT molecular complexity index is 163. The number of Topliss-reactive ketones (excluding diaryl/α,β-unsaturated/α-hetero) is 1. The number of carbonyl (C=O) groups excluding carboxylic acids is 1. The maximum atomic E-state index is 11.8. The van der Waals surface area contributed by atoms with Crippen LogP contribution in [0.15, 0.2) is 0 Å². The van der Waals surface area contributed by atoms with Crippen molar-refractivity contribution in [2.45, 2.75) is 45.4 Å². The molecule has 76 valence electrons. The van der Waals surface area contributed by atoms with Crippen LogP contribution in [0.3, 0.4) is 0 Å². The van der Waals surface area contributed by atoms with E-state index < -0.39 is 0 Å². The molecule has 1 saturated carbocycles. The van der Waals surface area contributed by atoms with Gasteiger partial charge in [-0.2, -0.15) is 0 Å². The van der Waals surface area contributed by atoms with Crippen molar-refractivity contribution in [1.29, 1.82) is 0 Å². The van der Waals surface area contributed by atoms with Gasteiger partial charge in [0.25, 0.3) is 0 Å². The van der Waals surface area contributed by atoms with Crippen LogP contribution in [-0.4, -0.2) is 19.5 Å². The second kappa shape index (κ2) is 4.75. The van der Waals surface area contributed by atoms with Gasteiger partial charge in [0.15, 0.2) is 0 Å². The number of ether oxygens (including phenoxy) is 1. The molecule has 0 saturated heterocycles. The molecule has 1 aliphatic rings. The lowest BCUT2D eigenvalue weighted by molar-refractivity contribution is -0.133. The second-order valence-electron chi connectivity index (χ2n) is 4.05. The summed E-state index contributed by atoms with van der Waals surface area (Å²) in [5.41, 5.74) is -0.123. The highest BCUT2D eigenvalue weighted by molar-refractivity contribution is 5.84. The number of hydrogen-bond donors (Lipinski definition) is 0. The number of methoxy groups -OCH3 is 1. The molecule has 13 heavy (non-hydrogen) atoms. The third-order valence-corrected chi connectivity index (χ3v) is 3.14. The minimum atomic E-state index is -0.123. The van der Waals surface area contributed by atoms with Crippen molar-refractivity contribution in [2.75, 3.05) is 13.7 Å². The molecule has 1 rings (SSSR count). The van der Waals surface area contributed by atoms with Gasteiger partial charge in [0.05, 0.1) is 12.0 Å². The maximum Gasteiger partial charge on any atom is 0.141 e. The fourth-order valence-electron chi connectivity index (χ4n) is 2.38. The molecular weight excluding hydrogens is 164 g/mol. The second-order valence-corrected chi connectivity index (χ2v) is 4.05. The first kappa shape index (κ1) is 10.7. The first-order valence-corrected chi connectivity index (χ1v) is 5.27. The van der Waals surface area contributed by atoms with Crippen LogP contribution < -0.4 is 0 Å². The summed E-state index contributed by atoms with van der Waals surface area (Å²) < 4.78 is 5.19. The van der Waals surface area contributed by atoms with Gasteiger partial charge < -0.3 is 4.74 Å². The summed E-state index contributed by atoms with van der Waals surface area (Å²) >= 11 is 0. The van der Waals surface area contributed by atoms with E-state index in [0.29, 0.717) is 18.8 Å². The summed E-state index contributed by atoms with van der Waals surface area (Å²) in [6.45, 7) is 2.58. The highest BCUT2D eigenvalue weighted by atomic mass is 16.5. The van der Waals surface area contributed by atoms with E-state index in [1.165, 1.54) is 19.3 Å². The topological polar surface area (TPSA) is 26.3 Å². The number of ketones is 1. The molecule has 0 amide bonds. The average Bonchev–Trinajstić information content (AvgIpc) is 2.18. The fraction of sp³-hybridized carbons (Fsp3) is 0.909. The molecule has 0 heterocycles. The standard InChI is InChI=1S/C11H20O2/c1-3-10(12)11(9-13-2)7-5-4-6-8-11/h3-9H2,1-2H3. The third-order valence-electron chi connectivity index (χ3n) is 3.14. The third kappa shape index (κ3) is 2.31. The van der Waals surface area contributed by atoms with Crippen molar-refractivity contribution in [3.05, 3.63) is 0 Å². The minimum Gasteiger partial charge on any atom is -0.384 e. The first-order chi connectivity index (χ1) is 6.25. The van der Waals surface area contributed by atoms with Crippen LogP contribution in [0.2, 0.25) is 0 Å². The zero-order valence-electron chi connectivity index (χ0n) is 8.77. The summed E-state index contributed by atoms with van der Waals surface area (Å²) in [5.74, 6) is 0.397. The molecule has 0 spiro atoms. The van der Waals surface area contributed by atoms with Gasteiger partial charge >= 0.3 is 0 Å². The summed E-state index contributed by atoms with van der Waals surface area (Å²) in [4.78, 5) is 11.8. The number of hydrogen-bond acceptors (Lipinski definition) is 2. The van der Waals surface area contributed by atoms with Crippen LogP contribution in [0.5, 0.6) is 0 Å². The van der Waals surface area contributed by atoms with Crippen LogP contribution in [0, 0.1) is 5.41 Å². The van der Waals surface area contributed by atoms with Crippen molar-refractivity contribution in [2.24, 2.45) is 5.41 Å². The number of carbonyl (C=O) groups is 1. The lowest BCUT2D eigenvalue weighted by Gasteiger charge is -2.34. The smallest absolute Gasteiger partial charge is 0.141 e. The predicted octanol–water partition coefficient (Wildman–Crippen LogP) is 2.56. The molecule has 2 heteroatoms. The highest BCUT2D eigenvalue weighted by Crippen LogP contribution is 2.38. The lowest BCUT2D eigenvalue weighted by Crippen LogP contribution is -2.37. The quantitative estimate of drug-likeness (QED) is 0.671. The monoisotopic (exact) mass is 184 g/mol. The van der Waals surface area contributed by atoms with E-state index in [1.54, 1.807) is 7.11 Å². The molecule has 0 aromatic rings. The summed E-state index contributed by atoms with van der Waals surface area (Å²) in [7, 11) is 1.69. The van der Waals surface area contributed by atoms with E-state index in [4.69, 9.17) is 4.74 Å². The minimum absolute atomic E-state index is 0.123. The first-order valence-electron chi connectivity index (χ1n) is 5.27. The zero-order chi connectivity index (χ0) is 9.73. The lowest BCUT2D eigenvalue weighted by atomic mass is 9.71. The van der Waals surface area contributed by atoms with Crippen molar-refractivity contribution in [3.63, 3.8) is 0 Å². The van der Waals surface area contributed by atoms with E-state index in [0.717, 1.165) is 12.8 Å². The Balaban J connectivity index is 2.66. The predicted molar refractivity (Wildman–Crippen MR) is 52.7 cm³/mol. The van der Waals surface area contributed by atoms with E-state index in [-0.39, 0.29) is 5.41 Å². The Morgan fingerprint density at radius 1 is 1.31 bits per heavy atom. The van der Waals surface area contributed by atoms with E-state index in [1.807, 2.05) is 6.92 Å². The SMILES string of the molecule is CCC(=O)C1(COC)CCCCC1. The van der Waals surface area contributed by atoms with E-state index in [9.17, 15) is 4.79 Å².